The van der Waals surface area contributed by atoms with E-state index < -0.39 is 0 Å². The Bertz CT molecular complexity index is 184. The highest BCUT2D eigenvalue weighted by Gasteiger charge is 2.33. The summed E-state index contributed by atoms with van der Waals surface area (Å²) in [7, 11) is 0. The van der Waals surface area contributed by atoms with Crippen LogP contribution in [0, 0.1) is 5.92 Å². The summed E-state index contributed by atoms with van der Waals surface area (Å²) >= 11 is 0. The van der Waals surface area contributed by atoms with E-state index in [1.165, 1.54) is 0 Å². The number of ether oxygens (including phenoxy) is 1. The SMILES string of the molecule is O=C1CC2C=CCCC2O1. The predicted molar refractivity (Wildman–Crippen MR) is 36.4 cm³/mol. The second-order valence-electron chi connectivity index (χ2n) is 2.90. The Kier molecular flexibility index (Phi) is 1.26. The lowest BCUT2D eigenvalue weighted by Crippen LogP contribution is -2.16. The Morgan fingerprint density at radius 3 is 3.30 bits per heavy atom. The van der Waals surface area contributed by atoms with Gasteiger partial charge in [-0.3, -0.25) is 4.79 Å². The summed E-state index contributed by atoms with van der Waals surface area (Å²) in [5.74, 6) is 0.364. The van der Waals surface area contributed by atoms with Crippen molar-refractivity contribution in [2.24, 2.45) is 5.92 Å². The molecule has 2 aliphatic rings. The molecule has 0 radical (unpaired) electrons. The fraction of sp³-hybridized carbons (Fsp3) is 0.625. The van der Waals surface area contributed by atoms with Gasteiger partial charge in [-0.2, -0.15) is 0 Å². The second kappa shape index (κ2) is 2.11. The van der Waals surface area contributed by atoms with Crippen molar-refractivity contribution < 1.29 is 9.53 Å². The maximum atomic E-state index is 10.8. The van der Waals surface area contributed by atoms with E-state index in [9.17, 15) is 4.79 Å². The molecular formula is C8H10O2. The molecule has 0 aromatic heterocycles. The predicted octanol–water partition coefficient (Wildman–Crippen LogP) is 1.27. The number of carbonyl (C=O) groups is 1. The first-order valence-electron chi connectivity index (χ1n) is 3.72. The van der Waals surface area contributed by atoms with Gasteiger partial charge in [0, 0.05) is 5.92 Å². The maximum absolute atomic E-state index is 10.8. The zero-order valence-corrected chi connectivity index (χ0v) is 5.75. The highest BCUT2D eigenvalue weighted by Crippen LogP contribution is 2.29. The first-order valence-corrected chi connectivity index (χ1v) is 3.72. The van der Waals surface area contributed by atoms with E-state index in [1.807, 2.05) is 0 Å². The lowest BCUT2D eigenvalue weighted by atomic mass is 9.92. The first-order chi connectivity index (χ1) is 4.86. The van der Waals surface area contributed by atoms with Crippen molar-refractivity contribution in [3.05, 3.63) is 12.2 Å². The molecule has 0 N–H and O–H groups in total. The monoisotopic (exact) mass is 138 g/mol. The molecule has 0 saturated carbocycles. The molecule has 0 aromatic carbocycles. The molecule has 0 bridgehead atoms. The lowest BCUT2D eigenvalue weighted by molar-refractivity contribution is -0.141. The van der Waals surface area contributed by atoms with Crippen molar-refractivity contribution in [1.29, 1.82) is 0 Å². The fourth-order valence-electron chi connectivity index (χ4n) is 1.62. The summed E-state index contributed by atoms with van der Waals surface area (Å²) in [5.41, 5.74) is 0. The molecule has 2 nitrogen and oxygen atoms in total. The van der Waals surface area contributed by atoms with Gasteiger partial charge in [0.05, 0.1) is 6.42 Å². The van der Waals surface area contributed by atoms with Gasteiger partial charge in [0.25, 0.3) is 0 Å². The minimum atomic E-state index is -0.0263. The zero-order chi connectivity index (χ0) is 6.97. The molecule has 54 valence electrons. The van der Waals surface area contributed by atoms with Crippen molar-refractivity contribution in [3.8, 4) is 0 Å². The highest BCUT2D eigenvalue weighted by atomic mass is 16.5. The molecule has 1 aliphatic carbocycles. The van der Waals surface area contributed by atoms with Crippen LogP contribution in [0.3, 0.4) is 0 Å². The smallest absolute Gasteiger partial charge is 0.306 e. The van der Waals surface area contributed by atoms with Gasteiger partial charge in [0.2, 0.25) is 0 Å². The van der Waals surface area contributed by atoms with Crippen LogP contribution < -0.4 is 0 Å². The number of carbonyl (C=O) groups excluding carboxylic acids is 1. The molecule has 1 heterocycles. The fourth-order valence-corrected chi connectivity index (χ4v) is 1.62. The van der Waals surface area contributed by atoms with E-state index in [2.05, 4.69) is 12.2 Å². The van der Waals surface area contributed by atoms with Gasteiger partial charge in [0.15, 0.2) is 0 Å². The number of hydrogen-bond acceptors (Lipinski definition) is 2. The van der Waals surface area contributed by atoms with Gasteiger partial charge in [-0.05, 0) is 12.8 Å². The highest BCUT2D eigenvalue weighted by molar-refractivity contribution is 5.72. The van der Waals surface area contributed by atoms with Crippen LogP contribution in [0.2, 0.25) is 0 Å². The average Bonchev–Trinajstić information content (AvgIpc) is 2.27. The Balaban J connectivity index is 2.15. The van der Waals surface area contributed by atoms with Crippen molar-refractivity contribution in [2.75, 3.05) is 0 Å². The van der Waals surface area contributed by atoms with E-state index in [4.69, 9.17) is 4.74 Å². The van der Waals surface area contributed by atoms with E-state index in [1.54, 1.807) is 0 Å². The number of rotatable bonds is 0. The minimum Gasteiger partial charge on any atom is -0.462 e. The zero-order valence-electron chi connectivity index (χ0n) is 5.75. The Morgan fingerprint density at radius 1 is 1.60 bits per heavy atom. The molecule has 1 saturated heterocycles. The van der Waals surface area contributed by atoms with E-state index in [0.717, 1.165) is 12.8 Å². The largest absolute Gasteiger partial charge is 0.462 e. The number of hydrogen-bond donors (Lipinski definition) is 0. The molecule has 2 heteroatoms. The summed E-state index contributed by atoms with van der Waals surface area (Å²) in [5, 5.41) is 0. The van der Waals surface area contributed by atoms with Crippen LogP contribution in [0.5, 0.6) is 0 Å². The van der Waals surface area contributed by atoms with Crippen molar-refractivity contribution in [1.82, 2.24) is 0 Å². The van der Waals surface area contributed by atoms with Gasteiger partial charge in [-0.25, -0.2) is 0 Å². The average molecular weight is 138 g/mol. The minimum absolute atomic E-state index is 0.0263. The third-order valence-corrected chi connectivity index (χ3v) is 2.16. The van der Waals surface area contributed by atoms with Crippen LogP contribution in [0.4, 0.5) is 0 Å². The van der Waals surface area contributed by atoms with Crippen LogP contribution in [0.25, 0.3) is 0 Å². The lowest BCUT2D eigenvalue weighted by Gasteiger charge is -2.16. The quantitative estimate of drug-likeness (QED) is 0.372. The third kappa shape index (κ3) is 0.838. The molecule has 2 atom stereocenters. The standard InChI is InChI=1S/C8H10O2/c9-8-5-6-3-1-2-4-7(6)10-8/h1,3,6-7H,2,4-5H2. The summed E-state index contributed by atoms with van der Waals surface area (Å²) in [4.78, 5) is 10.8. The number of fused-ring (bicyclic) bond motifs is 1. The molecule has 10 heavy (non-hydrogen) atoms. The molecular weight excluding hydrogens is 128 g/mol. The second-order valence-corrected chi connectivity index (χ2v) is 2.90. The summed E-state index contributed by atoms with van der Waals surface area (Å²) < 4.78 is 5.08. The van der Waals surface area contributed by atoms with E-state index >= 15 is 0 Å². The van der Waals surface area contributed by atoms with Gasteiger partial charge >= 0.3 is 5.97 Å². The van der Waals surface area contributed by atoms with E-state index in [0.29, 0.717) is 12.3 Å². The molecule has 2 rings (SSSR count). The molecule has 2 unspecified atom stereocenters. The normalized spacial score (nSPS) is 37.4. The van der Waals surface area contributed by atoms with Crippen molar-refractivity contribution in [2.45, 2.75) is 25.4 Å². The maximum Gasteiger partial charge on any atom is 0.306 e. The number of esters is 1. The van der Waals surface area contributed by atoms with Gasteiger partial charge in [0.1, 0.15) is 6.10 Å². The van der Waals surface area contributed by atoms with Crippen molar-refractivity contribution >= 4 is 5.97 Å². The Morgan fingerprint density at radius 2 is 2.50 bits per heavy atom. The summed E-state index contributed by atoms with van der Waals surface area (Å²) in [6.45, 7) is 0. The third-order valence-electron chi connectivity index (χ3n) is 2.16. The first kappa shape index (κ1) is 5.96. The number of allylic oxidation sites excluding steroid dienone is 1. The van der Waals surface area contributed by atoms with Gasteiger partial charge in [-0.1, -0.05) is 12.2 Å². The molecule has 0 spiro atoms. The van der Waals surface area contributed by atoms with Crippen LogP contribution in [-0.2, 0) is 9.53 Å². The summed E-state index contributed by atoms with van der Waals surface area (Å²) in [6.07, 6.45) is 7.14. The van der Waals surface area contributed by atoms with Crippen LogP contribution in [-0.4, -0.2) is 12.1 Å². The van der Waals surface area contributed by atoms with Crippen LogP contribution >= 0.6 is 0 Å². The Hall–Kier alpha value is -0.790. The Labute approximate surface area is 59.9 Å². The molecule has 1 fully saturated rings. The van der Waals surface area contributed by atoms with Gasteiger partial charge < -0.3 is 4.74 Å². The van der Waals surface area contributed by atoms with Crippen molar-refractivity contribution in [3.63, 3.8) is 0 Å². The molecule has 0 amide bonds. The molecule has 1 aliphatic heterocycles. The van der Waals surface area contributed by atoms with Crippen LogP contribution in [0.1, 0.15) is 19.3 Å². The van der Waals surface area contributed by atoms with Crippen LogP contribution in [0.15, 0.2) is 12.2 Å². The van der Waals surface area contributed by atoms with E-state index in [-0.39, 0.29) is 12.1 Å². The molecule has 0 aromatic rings. The summed E-state index contributed by atoms with van der Waals surface area (Å²) in [6, 6.07) is 0. The van der Waals surface area contributed by atoms with Gasteiger partial charge in [-0.15, -0.1) is 0 Å². The topological polar surface area (TPSA) is 26.3 Å².